The van der Waals surface area contributed by atoms with E-state index in [-0.39, 0.29) is 6.09 Å². The number of aryl methyl sites for hydroxylation is 1. The maximum atomic E-state index is 11.7. The van der Waals surface area contributed by atoms with Crippen molar-refractivity contribution < 1.29 is 9.53 Å². The lowest BCUT2D eigenvalue weighted by atomic mass is 9.92. The first-order valence-electron chi connectivity index (χ1n) is 9.60. The fraction of sp³-hybridized carbons (Fsp3) is 0.455. The van der Waals surface area contributed by atoms with Crippen molar-refractivity contribution in [2.75, 3.05) is 0 Å². The molecule has 2 aromatic rings. The third-order valence-electron chi connectivity index (χ3n) is 4.64. The molecule has 0 saturated heterocycles. The number of amides is 1. The van der Waals surface area contributed by atoms with E-state index in [1.165, 1.54) is 16.8 Å². The molecule has 0 fully saturated rings. The Kier molecular flexibility index (Phi) is 6.11. The van der Waals surface area contributed by atoms with E-state index in [9.17, 15) is 4.79 Å². The Morgan fingerprint density at radius 3 is 2.56 bits per heavy atom. The molecule has 1 amide bonds. The number of nitrogens with zero attached hydrogens (tertiary/aromatic N) is 1. The average Bonchev–Trinajstić information content (AvgIpc) is 2.64. The molecule has 5 nitrogen and oxygen atoms in total. The third kappa shape index (κ3) is 6.07. The van der Waals surface area contributed by atoms with Crippen LogP contribution in [0.5, 0.6) is 0 Å². The zero-order valence-electron chi connectivity index (χ0n) is 16.4. The summed E-state index contributed by atoms with van der Waals surface area (Å²) >= 11 is 0. The molecule has 1 atom stereocenters. The van der Waals surface area contributed by atoms with Crippen LogP contribution in [0.25, 0.3) is 0 Å². The number of pyridine rings is 1. The lowest BCUT2D eigenvalue weighted by Gasteiger charge is -2.24. The van der Waals surface area contributed by atoms with Crippen LogP contribution in [-0.4, -0.2) is 22.7 Å². The zero-order valence-corrected chi connectivity index (χ0v) is 16.4. The number of fused-ring (bicyclic) bond motifs is 1. The fourth-order valence-corrected chi connectivity index (χ4v) is 3.25. The maximum Gasteiger partial charge on any atom is 0.407 e. The van der Waals surface area contributed by atoms with E-state index >= 15 is 0 Å². The fourth-order valence-electron chi connectivity index (χ4n) is 3.25. The maximum absolute atomic E-state index is 11.7. The summed E-state index contributed by atoms with van der Waals surface area (Å²) in [4.78, 5) is 16.2. The number of nitrogens with one attached hydrogen (secondary N) is 2. The van der Waals surface area contributed by atoms with Crippen LogP contribution in [-0.2, 0) is 30.7 Å². The van der Waals surface area contributed by atoms with Gasteiger partial charge in [-0.15, -0.1) is 0 Å². The van der Waals surface area contributed by atoms with Gasteiger partial charge in [-0.2, -0.15) is 0 Å². The first kappa shape index (κ1) is 19.4. The van der Waals surface area contributed by atoms with E-state index in [1.54, 1.807) is 0 Å². The highest BCUT2D eigenvalue weighted by molar-refractivity contribution is 5.67. The van der Waals surface area contributed by atoms with Gasteiger partial charge in [0.2, 0.25) is 0 Å². The first-order valence-corrected chi connectivity index (χ1v) is 9.60. The molecule has 1 heterocycles. The van der Waals surface area contributed by atoms with Crippen LogP contribution < -0.4 is 10.6 Å². The normalized spacial score (nSPS) is 16.5. The molecular formula is C22H29N3O2. The summed E-state index contributed by atoms with van der Waals surface area (Å²) in [7, 11) is 0. The standard InChI is InChI=1S/C22H29N3O2/c1-22(2,3)27-21(26)25-15-17-8-6-16(7-9-17)14-24-19-11-10-18-5-4-12-23-20(18)13-19/h4-9,12,19,24H,10-11,13-15H2,1-3H3,(H,25,26). The van der Waals surface area contributed by atoms with Crippen molar-refractivity contribution in [3.63, 3.8) is 0 Å². The number of benzene rings is 1. The van der Waals surface area contributed by atoms with E-state index in [4.69, 9.17) is 4.74 Å². The van der Waals surface area contributed by atoms with E-state index in [0.717, 1.165) is 31.4 Å². The SMILES string of the molecule is CC(C)(C)OC(=O)NCc1ccc(CNC2CCc3cccnc3C2)cc1. The summed E-state index contributed by atoms with van der Waals surface area (Å²) in [5.74, 6) is 0. The van der Waals surface area contributed by atoms with Gasteiger partial charge in [0.15, 0.2) is 0 Å². The Hall–Kier alpha value is -2.40. The number of aromatic nitrogens is 1. The van der Waals surface area contributed by atoms with Crippen LogP contribution in [0.3, 0.4) is 0 Å². The molecule has 0 saturated carbocycles. The molecule has 5 heteroatoms. The minimum atomic E-state index is -0.477. The van der Waals surface area contributed by atoms with Crippen molar-refractivity contribution in [1.29, 1.82) is 0 Å². The Morgan fingerprint density at radius 2 is 1.85 bits per heavy atom. The van der Waals surface area contributed by atoms with Crippen LogP contribution >= 0.6 is 0 Å². The summed E-state index contributed by atoms with van der Waals surface area (Å²) in [6.45, 7) is 6.88. The number of rotatable bonds is 5. The van der Waals surface area contributed by atoms with Gasteiger partial charge >= 0.3 is 6.09 Å². The molecule has 3 rings (SSSR count). The predicted molar refractivity (Wildman–Crippen MR) is 106 cm³/mol. The average molecular weight is 367 g/mol. The van der Waals surface area contributed by atoms with Gasteiger partial charge in [-0.05, 0) is 56.4 Å². The van der Waals surface area contributed by atoms with E-state index in [0.29, 0.717) is 12.6 Å². The summed E-state index contributed by atoms with van der Waals surface area (Å²) in [5, 5.41) is 6.43. The van der Waals surface area contributed by atoms with Crippen LogP contribution in [0, 0.1) is 0 Å². The topological polar surface area (TPSA) is 63.2 Å². The van der Waals surface area contributed by atoms with Crippen molar-refractivity contribution in [3.8, 4) is 0 Å². The number of ether oxygens (including phenoxy) is 1. The van der Waals surface area contributed by atoms with Crippen LogP contribution in [0.4, 0.5) is 4.79 Å². The molecule has 0 spiro atoms. The van der Waals surface area contributed by atoms with Crippen LogP contribution in [0.15, 0.2) is 42.6 Å². The van der Waals surface area contributed by atoms with Crippen LogP contribution in [0.1, 0.15) is 49.6 Å². The molecule has 1 aromatic heterocycles. The van der Waals surface area contributed by atoms with Crippen molar-refractivity contribution in [1.82, 2.24) is 15.6 Å². The molecule has 1 unspecified atom stereocenters. The highest BCUT2D eigenvalue weighted by atomic mass is 16.6. The third-order valence-corrected chi connectivity index (χ3v) is 4.64. The van der Waals surface area contributed by atoms with Gasteiger partial charge in [-0.25, -0.2) is 4.79 Å². The van der Waals surface area contributed by atoms with Crippen molar-refractivity contribution >= 4 is 6.09 Å². The smallest absolute Gasteiger partial charge is 0.407 e. The molecule has 144 valence electrons. The summed E-state index contributed by atoms with van der Waals surface area (Å²) in [5.41, 5.74) is 4.43. The van der Waals surface area contributed by atoms with E-state index in [2.05, 4.69) is 33.8 Å². The number of hydrogen-bond donors (Lipinski definition) is 2. The second kappa shape index (κ2) is 8.53. The van der Waals surface area contributed by atoms with Gasteiger partial charge in [0.1, 0.15) is 5.60 Å². The molecule has 0 radical (unpaired) electrons. The largest absolute Gasteiger partial charge is 0.444 e. The molecule has 1 aromatic carbocycles. The monoisotopic (exact) mass is 367 g/mol. The number of hydrogen-bond acceptors (Lipinski definition) is 4. The number of carbonyl (C=O) groups is 1. The molecule has 1 aliphatic carbocycles. The Labute approximate surface area is 161 Å². The first-order chi connectivity index (χ1) is 12.9. The quantitative estimate of drug-likeness (QED) is 0.845. The molecule has 0 aliphatic heterocycles. The zero-order chi connectivity index (χ0) is 19.3. The van der Waals surface area contributed by atoms with Gasteiger partial charge < -0.3 is 15.4 Å². The summed E-state index contributed by atoms with van der Waals surface area (Å²) in [6, 6.07) is 13.0. The van der Waals surface area contributed by atoms with Gasteiger partial charge in [-0.3, -0.25) is 4.98 Å². The predicted octanol–water partition coefficient (Wildman–Crippen LogP) is 3.75. The van der Waals surface area contributed by atoms with Crippen molar-refractivity contribution in [3.05, 3.63) is 65.0 Å². The highest BCUT2D eigenvalue weighted by Gasteiger charge is 2.18. The Balaban J connectivity index is 1.44. The molecule has 1 aliphatic rings. The van der Waals surface area contributed by atoms with Gasteiger partial charge in [-0.1, -0.05) is 30.3 Å². The Bertz CT molecular complexity index is 766. The van der Waals surface area contributed by atoms with E-state index < -0.39 is 5.60 Å². The van der Waals surface area contributed by atoms with Crippen molar-refractivity contribution in [2.45, 2.75) is 64.8 Å². The van der Waals surface area contributed by atoms with Crippen molar-refractivity contribution in [2.24, 2.45) is 0 Å². The number of alkyl carbamates (subject to hydrolysis) is 1. The molecule has 0 bridgehead atoms. The van der Waals surface area contributed by atoms with E-state index in [1.807, 2.05) is 45.2 Å². The van der Waals surface area contributed by atoms with Gasteiger partial charge in [0.25, 0.3) is 0 Å². The second-order valence-corrected chi connectivity index (χ2v) is 8.10. The summed E-state index contributed by atoms with van der Waals surface area (Å²) in [6.07, 6.45) is 4.73. The number of carbonyl (C=O) groups excluding carboxylic acids is 1. The minimum Gasteiger partial charge on any atom is -0.444 e. The van der Waals surface area contributed by atoms with Gasteiger partial charge in [0.05, 0.1) is 0 Å². The lowest BCUT2D eigenvalue weighted by molar-refractivity contribution is 0.0523. The molecule has 27 heavy (non-hydrogen) atoms. The summed E-state index contributed by atoms with van der Waals surface area (Å²) < 4.78 is 5.25. The van der Waals surface area contributed by atoms with Crippen LogP contribution in [0.2, 0.25) is 0 Å². The Morgan fingerprint density at radius 1 is 1.15 bits per heavy atom. The molecule has 2 N–H and O–H groups in total. The lowest BCUT2D eigenvalue weighted by Crippen LogP contribution is -2.34. The highest BCUT2D eigenvalue weighted by Crippen LogP contribution is 2.19. The van der Waals surface area contributed by atoms with Gasteiger partial charge in [0, 0.05) is 37.4 Å². The molecular weight excluding hydrogens is 338 g/mol. The minimum absolute atomic E-state index is 0.389. The second-order valence-electron chi connectivity index (χ2n) is 8.10.